The Morgan fingerprint density at radius 1 is 1.44 bits per heavy atom. The Labute approximate surface area is 105 Å². The Bertz CT molecular complexity index is 540. The average Bonchev–Trinajstić information content (AvgIpc) is 2.28. The zero-order chi connectivity index (χ0) is 13.9. The second-order valence-electron chi connectivity index (χ2n) is 4.07. The molecule has 0 amide bonds. The van der Waals surface area contributed by atoms with Crippen molar-refractivity contribution < 1.29 is 18.4 Å². The molecule has 1 aromatic carbocycles. The van der Waals surface area contributed by atoms with Gasteiger partial charge >= 0.3 is 0 Å². The maximum atomic E-state index is 11.5. The van der Waals surface area contributed by atoms with E-state index in [-0.39, 0.29) is 17.7 Å². The van der Waals surface area contributed by atoms with Crippen molar-refractivity contribution >= 4 is 15.5 Å². The number of aliphatic hydroxyl groups excluding tert-OH is 1. The normalized spacial score (nSPS) is 15.1. The SMILES string of the molecule is CC[C@@H]([C@@H](O)c1cccc([N+](=O)[O-])c1)S(C)(=O)=O. The Balaban J connectivity index is 3.13. The summed E-state index contributed by atoms with van der Waals surface area (Å²) in [5.74, 6) is 0. The number of hydrogen-bond acceptors (Lipinski definition) is 5. The fourth-order valence-corrected chi connectivity index (χ4v) is 3.03. The molecule has 0 unspecified atom stereocenters. The van der Waals surface area contributed by atoms with E-state index in [0.717, 1.165) is 6.26 Å². The Hall–Kier alpha value is -1.47. The zero-order valence-electron chi connectivity index (χ0n) is 10.1. The number of nitrogens with zero attached hydrogens (tertiary/aromatic N) is 1. The molecule has 0 saturated carbocycles. The molecular weight excluding hydrogens is 258 g/mol. The van der Waals surface area contributed by atoms with Gasteiger partial charge in [-0.25, -0.2) is 8.42 Å². The first-order valence-corrected chi connectivity index (χ1v) is 7.34. The fraction of sp³-hybridized carbons (Fsp3) is 0.455. The Kier molecular flexibility index (Phi) is 4.42. The minimum atomic E-state index is -3.42. The number of rotatable bonds is 5. The number of sulfone groups is 1. The molecular formula is C11H15NO5S. The molecule has 2 atom stereocenters. The molecule has 1 rings (SSSR count). The van der Waals surface area contributed by atoms with Crippen molar-refractivity contribution in [1.29, 1.82) is 0 Å². The predicted octanol–water partition coefficient (Wildman–Crippen LogP) is 1.45. The van der Waals surface area contributed by atoms with E-state index in [2.05, 4.69) is 0 Å². The van der Waals surface area contributed by atoms with Crippen LogP contribution in [0.2, 0.25) is 0 Å². The van der Waals surface area contributed by atoms with E-state index in [1.54, 1.807) is 6.92 Å². The first-order chi connectivity index (χ1) is 8.27. The summed E-state index contributed by atoms with van der Waals surface area (Å²) in [6.45, 7) is 1.65. The van der Waals surface area contributed by atoms with Crippen LogP contribution in [0, 0.1) is 10.1 Å². The summed E-state index contributed by atoms with van der Waals surface area (Å²) in [5.41, 5.74) is 0.0661. The van der Waals surface area contributed by atoms with Crippen molar-refractivity contribution in [2.45, 2.75) is 24.7 Å². The van der Waals surface area contributed by atoms with Crippen LogP contribution in [0.5, 0.6) is 0 Å². The van der Waals surface area contributed by atoms with Gasteiger partial charge in [-0.1, -0.05) is 19.1 Å². The Morgan fingerprint density at radius 2 is 2.06 bits per heavy atom. The first-order valence-electron chi connectivity index (χ1n) is 5.38. The van der Waals surface area contributed by atoms with Crippen molar-refractivity contribution in [3.8, 4) is 0 Å². The van der Waals surface area contributed by atoms with Gasteiger partial charge < -0.3 is 5.11 Å². The quantitative estimate of drug-likeness (QED) is 0.646. The van der Waals surface area contributed by atoms with Crippen LogP contribution < -0.4 is 0 Å². The largest absolute Gasteiger partial charge is 0.387 e. The standard InChI is InChI=1S/C11H15NO5S/c1-3-10(18(2,16)17)11(13)8-5-4-6-9(7-8)12(14)15/h4-7,10-11,13H,3H2,1-2H3/t10-,11-/m0/s1. The van der Waals surface area contributed by atoms with Crippen LogP contribution in [-0.2, 0) is 9.84 Å². The highest BCUT2D eigenvalue weighted by atomic mass is 32.2. The summed E-state index contributed by atoms with van der Waals surface area (Å²) in [5, 5.41) is 19.7. The maximum Gasteiger partial charge on any atom is 0.269 e. The van der Waals surface area contributed by atoms with E-state index in [1.807, 2.05) is 0 Å². The summed E-state index contributed by atoms with van der Waals surface area (Å²) in [6.07, 6.45) is 0.0228. The molecule has 0 bridgehead atoms. The van der Waals surface area contributed by atoms with Crippen LogP contribution in [0.25, 0.3) is 0 Å². The zero-order valence-corrected chi connectivity index (χ0v) is 10.9. The molecule has 0 aromatic heterocycles. The second kappa shape index (κ2) is 5.45. The van der Waals surface area contributed by atoms with Gasteiger partial charge in [0.1, 0.15) is 0 Å². The van der Waals surface area contributed by atoms with Crippen LogP contribution in [0.1, 0.15) is 25.0 Å². The summed E-state index contributed by atoms with van der Waals surface area (Å²) >= 11 is 0. The van der Waals surface area contributed by atoms with Gasteiger partial charge in [-0.05, 0) is 12.0 Å². The molecule has 1 aromatic rings. The van der Waals surface area contributed by atoms with Crippen molar-refractivity contribution in [3.63, 3.8) is 0 Å². The van der Waals surface area contributed by atoms with Crippen LogP contribution in [0.4, 0.5) is 5.69 Å². The minimum Gasteiger partial charge on any atom is -0.387 e. The van der Waals surface area contributed by atoms with E-state index in [1.165, 1.54) is 24.3 Å². The third kappa shape index (κ3) is 3.27. The fourth-order valence-electron chi connectivity index (χ4n) is 1.80. The van der Waals surface area contributed by atoms with Gasteiger partial charge in [0.15, 0.2) is 9.84 Å². The van der Waals surface area contributed by atoms with Gasteiger partial charge in [-0.15, -0.1) is 0 Å². The number of aliphatic hydroxyl groups is 1. The summed E-state index contributed by atoms with van der Waals surface area (Å²) in [6, 6.07) is 5.38. The molecule has 0 saturated heterocycles. The molecule has 1 N–H and O–H groups in total. The lowest BCUT2D eigenvalue weighted by atomic mass is 10.0. The second-order valence-corrected chi connectivity index (χ2v) is 6.34. The van der Waals surface area contributed by atoms with Crippen molar-refractivity contribution in [2.24, 2.45) is 0 Å². The van der Waals surface area contributed by atoms with Gasteiger partial charge in [0.25, 0.3) is 5.69 Å². The highest BCUT2D eigenvalue weighted by molar-refractivity contribution is 7.91. The molecule has 7 heteroatoms. The van der Waals surface area contributed by atoms with Crippen LogP contribution >= 0.6 is 0 Å². The topological polar surface area (TPSA) is 97.5 Å². The molecule has 0 aliphatic heterocycles. The molecule has 6 nitrogen and oxygen atoms in total. The van der Waals surface area contributed by atoms with E-state index >= 15 is 0 Å². The third-order valence-electron chi connectivity index (χ3n) is 2.73. The molecule has 0 radical (unpaired) electrons. The molecule has 100 valence electrons. The van der Waals surface area contributed by atoms with Gasteiger partial charge in [-0.2, -0.15) is 0 Å². The molecule has 0 heterocycles. The summed E-state index contributed by atoms with van der Waals surface area (Å²) in [7, 11) is -3.42. The monoisotopic (exact) mass is 273 g/mol. The van der Waals surface area contributed by atoms with Crippen molar-refractivity contribution in [3.05, 3.63) is 39.9 Å². The van der Waals surface area contributed by atoms with Gasteiger partial charge in [0.2, 0.25) is 0 Å². The minimum absolute atomic E-state index is 0.171. The number of benzene rings is 1. The third-order valence-corrected chi connectivity index (χ3v) is 4.42. The van der Waals surface area contributed by atoms with Crippen molar-refractivity contribution in [2.75, 3.05) is 6.26 Å². The maximum absolute atomic E-state index is 11.5. The van der Waals surface area contributed by atoms with Crippen LogP contribution in [0.3, 0.4) is 0 Å². The van der Waals surface area contributed by atoms with Crippen molar-refractivity contribution in [1.82, 2.24) is 0 Å². The van der Waals surface area contributed by atoms with Gasteiger partial charge in [0, 0.05) is 18.4 Å². The molecule has 18 heavy (non-hydrogen) atoms. The number of nitro groups is 1. The highest BCUT2D eigenvalue weighted by Crippen LogP contribution is 2.26. The smallest absolute Gasteiger partial charge is 0.269 e. The number of non-ortho nitro benzene ring substituents is 1. The lowest BCUT2D eigenvalue weighted by molar-refractivity contribution is -0.385. The molecule has 0 aliphatic rings. The van der Waals surface area contributed by atoms with Crippen LogP contribution in [0.15, 0.2) is 24.3 Å². The lowest BCUT2D eigenvalue weighted by Gasteiger charge is -2.19. The van der Waals surface area contributed by atoms with E-state index < -0.39 is 26.1 Å². The summed E-state index contributed by atoms with van der Waals surface area (Å²) < 4.78 is 23.0. The first kappa shape index (κ1) is 14.6. The summed E-state index contributed by atoms with van der Waals surface area (Å²) in [4.78, 5) is 10.0. The van der Waals surface area contributed by atoms with E-state index in [9.17, 15) is 23.6 Å². The average molecular weight is 273 g/mol. The van der Waals surface area contributed by atoms with Gasteiger partial charge in [-0.3, -0.25) is 10.1 Å². The predicted molar refractivity (Wildman–Crippen MR) is 67.0 cm³/mol. The van der Waals surface area contributed by atoms with E-state index in [4.69, 9.17) is 0 Å². The van der Waals surface area contributed by atoms with Crippen LogP contribution in [-0.4, -0.2) is 30.0 Å². The molecule has 0 fully saturated rings. The van der Waals surface area contributed by atoms with Gasteiger partial charge in [0.05, 0.1) is 16.3 Å². The lowest BCUT2D eigenvalue weighted by Crippen LogP contribution is -2.26. The number of nitro benzene ring substituents is 1. The molecule has 0 aliphatic carbocycles. The Morgan fingerprint density at radius 3 is 2.50 bits per heavy atom. The highest BCUT2D eigenvalue weighted by Gasteiger charge is 2.29. The number of hydrogen-bond donors (Lipinski definition) is 1. The van der Waals surface area contributed by atoms with E-state index in [0.29, 0.717) is 0 Å². The molecule has 0 spiro atoms.